The second kappa shape index (κ2) is 11.1. The maximum atomic E-state index is 12.7. The number of benzene rings is 3. The largest absolute Gasteiger partial charge is 0.303 e. The lowest BCUT2D eigenvalue weighted by Gasteiger charge is -2.20. The molecule has 1 aliphatic heterocycles. The number of Topliss-reactive ketones (excluding diaryl/α,β-unsaturated/α-hetero) is 1. The fourth-order valence-corrected chi connectivity index (χ4v) is 4.63. The van der Waals surface area contributed by atoms with E-state index in [1.54, 1.807) is 0 Å². The van der Waals surface area contributed by atoms with Gasteiger partial charge in [0.25, 0.3) is 0 Å². The molecule has 0 bridgehead atoms. The number of hydrogen-bond donors (Lipinski definition) is 0. The average Bonchev–Trinajstić information content (AvgIpc) is 3.08. The lowest BCUT2D eigenvalue weighted by atomic mass is 9.92. The standard InChI is InChI=1S/C29H33NO/c31-29(28-16-14-27(15-17-28)26-11-5-2-6-12-26)18-13-25-10-7-21-30(23-20-25)22-19-24-8-3-1-4-9-24/h1-6,8-9,11-12,14-17,25H,7,10,13,18-23H2. The van der Waals surface area contributed by atoms with Crippen LogP contribution in [0.25, 0.3) is 11.1 Å². The minimum absolute atomic E-state index is 0.282. The van der Waals surface area contributed by atoms with Crippen molar-refractivity contribution < 1.29 is 4.79 Å². The molecule has 31 heavy (non-hydrogen) atoms. The third kappa shape index (κ3) is 6.38. The Labute approximate surface area is 186 Å². The molecule has 1 atom stereocenters. The van der Waals surface area contributed by atoms with Crippen molar-refractivity contribution >= 4 is 5.78 Å². The molecule has 0 aliphatic carbocycles. The number of carbonyl (C=O) groups is 1. The third-order valence-electron chi connectivity index (χ3n) is 6.59. The summed E-state index contributed by atoms with van der Waals surface area (Å²) in [7, 11) is 0. The molecule has 0 saturated carbocycles. The highest BCUT2D eigenvalue weighted by Gasteiger charge is 2.18. The molecule has 0 aromatic heterocycles. The molecule has 0 amide bonds. The molecule has 2 heteroatoms. The number of carbonyl (C=O) groups excluding carboxylic acids is 1. The Hall–Kier alpha value is -2.71. The summed E-state index contributed by atoms with van der Waals surface area (Å²) in [4.78, 5) is 15.3. The molecule has 3 aromatic carbocycles. The molecule has 1 saturated heterocycles. The van der Waals surface area contributed by atoms with Crippen LogP contribution >= 0.6 is 0 Å². The average molecular weight is 412 g/mol. The molecule has 0 radical (unpaired) electrons. The monoisotopic (exact) mass is 411 g/mol. The van der Waals surface area contributed by atoms with E-state index in [2.05, 4.69) is 59.5 Å². The fourth-order valence-electron chi connectivity index (χ4n) is 4.63. The summed E-state index contributed by atoms with van der Waals surface area (Å²) in [5.74, 6) is 0.957. The Morgan fingerprint density at radius 1 is 0.774 bits per heavy atom. The van der Waals surface area contributed by atoms with Crippen molar-refractivity contribution in [2.75, 3.05) is 19.6 Å². The predicted molar refractivity (Wildman–Crippen MR) is 129 cm³/mol. The van der Waals surface area contributed by atoms with E-state index in [9.17, 15) is 4.79 Å². The molecule has 1 unspecified atom stereocenters. The van der Waals surface area contributed by atoms with Crippen LogP contribution in [0.5, 0.6) is 0 Å². The summed E-state index contributed by atoms with van der Waals surface area (Å²) in [6, 6.07) is 29.2. The Balaban J connectivity index is 1.22. The van der Waals surface area contributed by atoms with Crippen LogP contribution in [-0.4, -0.2) is 30.3 Å². The maximum Gasteiger partial charge on any atom is 0.162 e. The normalized spacial score (nSPS) is 17.2. The SMILES string of the molecule is O=C(CCC1CCCN(CCc2ccccc2)CC1)c1ccc(-c2ccccc2)cc1. The first-order valence-corrected chi connectivity index (χ1v) is 11.7. The summed E-state index contributed by atoms with van der Waals surface area (Å²) < 4.78 is 0. The Bertz CT molecular complexity index is 933. The highest BCUT2D eigenvalue weighted by molar-refractivity contribution is 5.96. The van der Waals surface area contributed by atoms with Crippen molar-refractivity contribution in [1.29, 1.82) is 0 Å². The maximum absolute atomic E-state index is 12.7. The van der Waals surface area contributed by atoms with Gasteiger partial charge in [0.2, 0.25) is 0 Å². The minimum atomic E-state index is 0.282. The van der Waals surface area contributed by atoms with Gasteiger partial charge in [-0.3, -0.25) is 4.79 Å². The van der Waals surface area contributed by atoms with E-state index in [0.29, 0.717) is 12.3 Å². The Kier molecular flexibility index (Phi) is 7.68. The molecule has 1 fully saturated rings. The Morgan fingerprint density at radius 3 is 2.19 bits per heavy atom. The predicted octanol–water partition coefficient (Wildman–Crippen LogP) is 6.66. The minimum Gasteiger partial charge on any atom is -0.303 e. The Morgan fingerprint density at radius 2 is 1.45 bits per heavy atom. The molecule has 4 rings (SSSR count). The van der Waals surface area contributed by atoms with Gasteiger partial charge in [-0.15, -0.1) is 0 Å². The van der Waals surface area contributed by atoms with Crippen molar-refractivity contribution in [3.63, 3.8) is 0 Å². The van der Waals surface area contributed by atoms with Crippen LogP contribution in [0.15, 0.2) is 84.9 Å². The number of ketones is 1. The van der Waals surface area contributed by atoms with E-state index >= 15 is 0 Å². The van der Waals surface area contributed by atoms with Crippen LogP contribution in [0.2, 0.25) is 0 Å². The van der Waals surface area contributed by atoms with Crippen molar-refractivity contribution in [2.24, 2.45) is 5.92 Å². The van der Waals surface area contributed by atoms with Crippen LogP contribution in [0.4, 0.5) is 0 Å². The molecule has 1 aliphatic rings. The first-order chi connectivity index (χ1) is 15.3. The van der Waals surface area contributed by atoms with E-state index in [4.69, 9.17) is 0 Å². The molecule has 160 valence electrons. The second-order valence-corrected chi connectivity index (χ2v) is 8.78. The van der Waals surface area contributed by atoms with Crippen LogP contribution in [0.1, 0.15) is 48.0 Å². The van der Waals surface area contributed by atoms with Crippen LogP contribution in [-0.2, 0) is 6.42 Å². The van der Waals surface area contributed by atoms with Gasteiger partial charge in [0.15, 0.2) is 5.78 Å². The zero-order chi connectivity index (χ0) is 21.3. The number of likely N-dealkylation sites (tertiary alicyclic amines) is 1. The van der Waals surface area contributed by atoms with Crippen molar-refractivity contribution in [2.45, 2.75) is 38.5 Å². The third-order valence-corrected chi connectivity index (χ3v) is 6.59. The van der Waals surface area contributed by atoms with Crippen LogP contribution in [0.3, 0.4) is 0 Å². The van der Waals surface area contributed by atoms with Crippen molar-refractivity contribution in [3.05, 3.63) is 96.1 Å². The topological polar surface area (TPSA) is 20.3 Å². The quantitative estimate of drug-likeness (QED) is 0.386. The second-order valence-electron chi connectivity index (χ2n) is 8.78. The zero-order valence-corrected chi connectivity index (χ0v) is 18.4. The fraction of sp³-hybridized carbons (Fsp3) is 0.345. The first kappa shape index (κ1) is 21.5. The highest BCUT2D eigenvalue weighted by Crippen LogP contribution is 2.24. The van der Waals surface area contributed by atoms with Gasteiger partial charge in [-0.2, -0.15) is 0 Å². The molecule has 3 aromatic rings. The van der Waals surface area contributed by atoms with E-state index < -0.39 is 0 Å². The smallest absolute Gasteiger partial charge is 0.162 e. The molecule has 2 nitrogen and oxygen atoms in total. The van der Waals surface area contributed by atoms with Gasteiger partial charge in [0.05, 0.1) is 0 Å². The summed E-state index contributed by atoms with van der Waals surface area (Å²) in [5, 5.41) is 0. The van der Waals surface area contributed by atoms with E-state index in [1.165, 1.54) is 36.9 Å². The molecular formula is C29H33NO. The van der Waals surface area contributed by atoms with Gasteiger partial charge in [0.1, 0.15) is 0 Å². The van der Waals surface area contributed by atoms with Gasteiger partial charge >= 0.3 is 0 Å². The summed E-state index contributed by atoms with van der Waals surface area (Å²) in [6.45, 7) is 3.50. The number of hydrogen-bond acceptors (Lipinski definition) is 2. The van der Waals surface area contributed by atoms with Gasteiger partial charge in [-0.1, -0.05) is 84.9 Å². The number of nitrogens with zero attached hydrogens (tertiary/aromatic N) is 1. The molecule has 0 spiro atoms. The lowest BCUT2D eigenvalue weighted by molar-refractivity contribution is 0.0972. The summed E-state index contributed by atoms with van der Waals surface area (Å²) >= 11 is 0. The number of rotatable bonds is 8. The van der Waals surface area contributed by atoms with E-state index in [1.807, 2.05) is 30.3 Å². The molecular weight excluding hydrogens is 378 g/mol. The van der Waals surface area contributed by atoms with E-state index in [0.717, 1.165) is 37.1 Å². The molecule has 1 heterocycles. The van der Waals surface area contributed by atoms with Crippen LogP contribution < -0.4 is 0 Å². The lowest BCUT2D eigenvalue weighted by Crippen LogP contribution is -2.27. The van der Waals surface area contributed by atoms with Gasteiger partial charge < -0.3 is 4.90 Å². The summed E-state index contributed by atoms with van der Waals surface area (Å²) in [5.41, 5.74) is 4.62. The van der Waals surface area contributed by atoms with Crippen LogP contribution in [0, 0.1) is 5.92 Å². The molecule has 0 N–H and O–H groups in total. The van der Waals surface area contributed by atoms with E-state index in [-0.39, 0.29) is 5.78 Å². The summed E-state index contributed by atoms with van der Waals surface area (Å²) in [6.07, 6.45) is 6.53. The van der Waals surface area contributed by atoms with Crippen molar-refractivity contribution in [3.8, 4) is 11.1 Å². The van der Waals surface area contributed by atoms with Gasteiger partial charge in [-0.05, 0) is 67.8 Å². The van der Waals surface area contributed by atoms with Crippen molar-refractivity contribution in [1.82, 2.24) is 4.90 Å². The first-order valence-electron chi connectivity index (χ1n) is 11.7. The van der Waals surface area contributed by atoms with Gasteiger partial charge in [-0.25, -0.2) is 0 Å². The highest BCUT2D eigenvalue weighted by atomic mass is 16.1. The zero-order valence-electron chi connectivity index (χ0n) is 18.4. The van der Waals surface area contributed by atoms with Gasteiger partial charge in [0, 0.05) is 18.5 Å².